The van der Waals surface area contributed by atoms with Crippen molar-refractivity contribution in [2.75, 3.05) is 19.7 Å². The Morgan fingerprint density at radius 3 is 2.57 bits per heavy atom. The molecule has 14 heavy (non-hydrogen) atoms. The third-order valence-corrected chi connectivity index (χ3v) is 3.18. The van der Waals surface area contributed by atoms with Crippen molar-refractivity contribution in [1.29, 1.82) is 0 Å². The van der Waals surface area contributed by atoms with Crippen LogP contribution in [0, 0.1) is 0 Å². The lowest BCUT2D eigenvalue weighted by Crippen LogP contribution is -2.46. The van der Waals surface area contributed by atoms with Crippen LogP contribution in [0.5, 0.6) is 0 Å². The Bertz CT molecular complexity index is 236. The summed E-state index contributed by atoms with van der Waals surface area (Å²) in [6, 6.07) is 0.131. The van der Waals surface area contributed by atoms with Gasteiger partial charge in [-0.05, 0) is 19.3 Å². The molecule has 2 aliphatic rings. The Kier molecular flexibility index (Phi) is 2.36. The molecule has 2 heterocycles. The summed E-state index contributed by atoms with van der Waals surface area (Å²) in [4.78, 5) is 12.1. The molecular formula is C9H16N2O3. The monoisotopic (exact) mass is 200 g/mol. The highest BCUT2D eigenvalue weighted by molar-refractivity contribution is 5.65. The van der Waals surface area contributed by atoms with Crippen LogP contribution in [0.2, 0.25) is 0 Å². The lowest BCUT2D eigenvalue weighted by Gasteiger charge is -2.37. The normalized spacial score (nSPS) is 30.9. The van der Waals surface area contributed by atoms with E-state index in [0.29, 0.717) is 19.7 Å². The van der Waals surface area contributed by atoms with E-state index >= 15 is 0 Å². The predicted molar refractivity (Wildman–Crippen MR) is 50.1 cm³/mol. The number of carboxylic acid groups (broad SMARTS) is 1. The standard InChI is InChI=1S/C9H16N2O3/c10-7-5-9(14-6-7)1-3-11(4-2-9)8(12)13/h7H,1-6,10H2,(H,12,13). The lowest BCUT2D eigenvalue weighted by atomic mass is 9.88. The van der Waals surface area contributed by atoms with E-state index in [1.165, 1.54) is 4.90 Å². The van der Waals surface area contributed by atoms with Gasteiger partial charge in [0.25, 0.3) is 0 Å². The Morgan fingerprint density at radius 2 is 2.14 bits per heavy atom. The van der Waals surface area contributed by atoms with Crippen molar-refractivity contribution in [1.82, 2.24) is 4.90 Å². The first-order valence-corrected chi connectivity index (χ1v) is 4.99. The van der Waals surface area contributed by atoms with E-state index in [-0.39, 0.29) is 11.6 Å². The number of ether oxygens (including phenoxy) is 1. The molecule has 2 saturated heterocycles. The van der Waals surface area contributed by atoms with Gasteiger partial charge in [0, 0.05) is 19.1 Å². The fourth-order valence-electron chi connectivity index (χ4n) is 2.33. The summed E-state index contributed by atoms with van der Waals surface area (Å²) in [6.07, 6.45) is 1.61. The second-order valence-electron chi connectivity index (χ2n) is 4.23. The Balaban J connectivity index is 1.92. The summed E-state index contributed by atoms with van der Waals surface area (Å²) in [5.41, 5.74) is 5.66. The first-order valence-electron chi connectivity index (χ1n) is 4.99. The second kappa shape index (κ2) is 3.40. The fourth-order valence-corrected chi connectivity index (χ4v) is 2.33. The lowest BCUT2D eigenvalue weighted by molar-refractivity contribution is -0.0394. The zero-order chi connectivity index (χ0) is 10.2. The predicted octanol–water partition coefficient (Wildman–Crippen LogP) is 0.247. The molecular weight excluding hydrogens is 184 g/mol. The molecule has 0 aliphatic carbocycles. The molecule has 0 aromatic heterocycles. The average molecular weight is 200 g/mol. The molecule has 0 bridgehead atoms. The van der Waals surface area contributed by atoms with Gasteiger partial charge in [0.15, 0.2) is 0 Å². The van der Waals surface area contributed by atoms with Crippen LogP contribution in [-0.4, -0.2) is 47.4 Å². The zero-order valence-corrected chi connectivity index (χ0v) is 8.11. The topological polar surface area (TPSA) is 75.8 Å². The van der Waals surface area contributed by atoms with Crippen LogP contribution in [0.3, 0.4) is 0 Å². The Hall–Kier alpha value is -0.810. The zero-order valence-electron chi connectivity index (χ0n) is 8.11. The minimum absolute atomic E-state index is 0.120. The van der Waals surface area contributed by atoms with E-state index in [1.54, 1.807) is 0 Å². The number of amides is 1. The quantitative estimate of drug-likeness (QED) is 0.587. The molecule has 1 unspecified atom stereocenters. The van der Waals surface area contributed by atoms with E-state index in [9.17, 15) is 4.79 Å². The van der Waals surface area contributed by atoms with Gasteiger partial charge in [-0.3, -0.25) is 0 Å². The summed E-state index contributed by atoms with van der Waals surface area (Å²) in [5, 5.41) is 8.78. The minimum Gasteiger partial charge on any atom is -0.465 e. The minimum atomic E-state index is -0.831. The average Bonchev–Trinajstić information content (AvgIpc) is 2.48. The van der Waals surface area contributed by atoms with Gasteiger partial charge in [0.2, 0.25) is 0 Å². The fraction of sp³-hybridized carbons (Fsp3) is 0.889. The molecule has 0 saturated carbocycles. The van der Waals surface area contributed by atoms with E-state index in [4.69, 9.17) is 15.6 Å². The van der Waals surface area contributed by atoms with Crippen molar-refractivity contribution in [3.05, 3.63) is 0 Å². The Labute approximate surface area is 82.8 Å². The maximum absolute atomic E-state index is 10.7. The number of nitrogens with zero attached hydrogens (tertiary/aromatic N) is 1. The summed E-state index contributed by atoms with van der Waals surface area (Å²) >= 11 is 0. The highest BCUT2D eigenvalue weighted by Gasteiger charge is 2.42. The number of hydrogen-bond donors (Lipinski definition) is 2. The summed E-state index contributed by atoms with van der Waals surface area (Å²) in [5.74, 6) is 0. The van der Waals surface area contributed by atoms with E-state index in [1.807, 2.05) is 0 Å². The maximum Gasteiger partial charge on any atom is 0.407 e. The summed E-state index contributed by atoms with van der Waals surface area (Å²) in [6.45, 7) is 1.76. The molecule has 1 amide bonds. The molecule has 1 spiro atoms. The van der Waals surface area contributed by atoms with Crippen molar-refractivity contribution < 1.29 is 14.6 Å². The van der Waals surface area contributed by atoms with E-state index < -0.39 is 6.09 Å². The third-order valence-electron chi connectivity index (χ3n) is 3.18. The van der Waals surface area contributed by atoms with Crippen LogP contribution in [0.1, 0.15) is 19.3 Å². The van der Waals surface area contributed by atoms with Crippen molar-refractivity contribution in [2.24, 2.45) is 5.73 Å². The maximum atomic E-state index is 10.7. The molecule has 2 fully saturated rings. The largest absolute Gasteiger partial charge is 0.465 e. The van der Waals surface area contributed by atoms with Gasteiger partial charge in [-0.2, -0.15) is 0 Å². The van der Waals surface area contributed by atoms with Crippen molar-refractivity contribution in [3.63, 3.8) is 0 Å². The highest BCUT2D eigenvalue weighted by atomic mass is 16.5. The Morgan fingerprint density at radius 1 is 1.50 bits per heavy atom. The van der Waals surface area contributed by atoms with E-state index in [2.05, 4.69) is 0 Å². The van der Waals surface area contributed by atoms with Crippen LogP contribution in [0.25, 0.3) is 0 Å². The van der Waals surface area contributed by atoms with Crippen molar-refractivity contribution in [3.8, 4) is 0 Å². The van der Waals surface area contributed by atoms with Crippen LogP contribution >= 0.6 is 0 Å². The molecule has 0 aromatic carbocycles. The van der Waals surface area contributed by atoms with Crippen LogP contribution in [0.4, 0.5) is 4.79 Å². The molecule has 3 N–H and O–H groups in total. The van der Waals surface area contributed by atoms with Crippen LogP contribution < -0.4 is 5.73 Å². The van der Waals surface area contributed by atoms with Crippen LogP contribution in [-0.2, 0) is 4.74 Å². The first-order chi connectivity index (χ1) is 6.61. The molecule has 5 nitrogen and oxygen atoms in total. The number of rotatable bonds is 0. The van der Waals surface area contributed by atoms with Gasteiger partial charge in [-0.25, -0.2) is 4.79 Å². The van der Waals surface area contributed by atoms with Gasteiger partial charge in [0.05, 0.1) is 12.2 Å². The molecule has 1 atom stereocenters. The van der Waals surface area contributed by atoms with Gasteiger partial charge >= 0.3 is 6.09 Å². The van der Waals surface area contributed by atoms with Gasteiger partial charge in [-0.15, -0.1) is 0 Å². The summed E-state index contributed by atoms with van der Waals surface area (Å²) in [7, 11) is 0. The number of carbonyl (C=O) groups is 1. The molecule has 2 rings (SSSR count). The van der Waals surface area contributed by atoms with Crippen LogP contribution in [0.15, 0.2) is 0 Å². The molecule has 0 aromatic rings. The third kappa shape index (κ3) is 1.69. The molecule has 80 valence electrons. The second-order valence-corrected chi connectivity index (χ2v) is 4.23. The SMILES string of the molecule is NC1COC2(CCN(C(=O)O)CC2)C1. The van der Waals surface area contributed by atoms with Gasteiger partial charge in [-0.1, -0.05) is 0 Å². The molecule has 5 heteroatoms. The first kappa shape index (κ1) is 9.73. The number of piperidine rings is 1. The molecule has 2 aliphatic heterocycles. The number of hydrogen-bond acceptors (Lipinski definition) is 3. The van der Waals surface area contributed by atoms with E-state index in [0.717, 1.165) is 19.3 Å². The summed E-state index contributed by atoms with van der Waals surface area (Å²) < 4.78 is 5.68. The number of likely N-dealkylation sites (tertiary alicyclic amines) is 1. The van der Waals surface area contributed by atoms with Gasteiger partial charge in [0.1, 0.15) is 0 Å². The molecule has 0 radical (unpaired) electrons. The van der Waals surface area contributed by atoms with Crippen molar-refractivity contribution >= 4 is 6.09 Å². The smallest absolute Gasteiger partial charge is 0.407 e. The number of nitrogens with two attached hydrogens (primary N) is 1. The van der Waals surface area contributed by atoms with Gasteiger partial charge < -0.3 is 20.5 Å². The van der Waals surface area contributed by atoms with Crippen molar-refractivity contribution in [2.45, 2.75) is 30.9 Å². The highest BCUT2D eigenvalue weighted by Crippen LogP contribution is 2.35.